The van der Waals surface area contributed by atoms with Crippen LogP contribution in [0.3, 0.4) is 0 Å². The van der Waals surface area contributed by atoms with Crippen LogP contribution in [0, 0.1) is 23.7 Å². The van der Waals surface area contributed by atoms with Gasteiger partial charge in [0, 0.05) is 31.6 Å². The molecule has 0 aromatic carbocycles. The van der Waals surface area contributed by atoms with E-state index in [-0.39, 0.29) is 53.8 Å². The molecule has 6 atom stereocenters. The molecule has 3 rings (SSSR count). The Kier molecular flexibility index (Phi) is 2.76. The van der Waals surface area contributed by atoms with Crippen molar-refractivity contribution in [3.05, 3.63) is 0 Å². The van der Waals surface area contributed by atoms with Crippen LogP contribution in [0.1, 0.15) is 20.3 Å². The summed E-state index contributed by atoms with van der Waals surface area (Å²) in [5.41, 5.74) is 0. The molecule has 1 saturated heterocycles. The van der Waals surface area contributed by atoms with E-state index >= 15 is 0 Å². The van der Waals surface area contributed by atoms with Crippen LogP contribution in [-0.4, -0.2) is 36.7 Å². The average Bonchev–Trinajstić information content (AvgIpc) is 2.89. The number of carbonyl (C=O) groups excluding carboxylic acids is 3. The fraction of sp³-hybridized carbons (Fsp3) is 0.769. The molecule has 1 aliphatic heterocycles. The fourth-order valence-electron chi connectivity index (χ4n) is 4.02. The number of esters is 3. The average molecular weight is 268 g/mol. The lowest BCUT2D eigenvalue weighted by molar-refractivity contribution is -0.155. The van der Waals surface area contributed by atoms with Crippen LogP contribution >= 0.6 is 0 Å². The first kappa shape index (κ1) is 12.4. The first-order chi connectivity index (χ1) is 8.99. The molecule has 6 nitrogen and oxygen atoms in total. The molecule has 0 amide bonds. The van der Waals surface area contributed by atoms with Gasteiger partial charge in [0.25, 0.3) is 0 Å². The smallest absolute Gasteiger partial charge is 0.309 e. The van der Waals surface area contributed by atoms with E-state index in [0.717, 1.165) is 0 Å². The van der Waals surface area contributed by atoms with Crippen molar-refractivity contribution in [2.45, 2.75) is 32.5 Å². The predicted molar refractivity (Wildman–Crippen MR) is 60.6 cm³/mol. The number of cyclic esters (lactones) is 1. The summed E-state index contributed by atoms with van der Waals surface area (Å²) in [6.45, 7) is 3.05. The highest BCUT2D eigenvalue weighted by Crippen LogP contribution is 2.57. The van der Waals surface area contributed by atoms with Crippen LogP contribution in [0.2, 0.25) is 0 Å². The predicted octanol–water partition coefficient (Wildman–Crippen LogP) is 0.289. The lowest BCUT2D eigenvalue weighted by atomic mass is 9.80. The van der Waals surface area contributed by atoms with Crippen molar-refractivity contribution in [2.75, 3.05) is 6.61 Å². The number of hydrogen-bond acceptors (Lipinski definition) is 6. The van der Waals surface area contributed by atoms with Gasteiger partial charge in [-0.1, -0.05) is 0 Å². The van der Waals surface area contributed by atoms with Crippen LogP contribution in [0.15, 0.2) is 0 Å². The van der Waals surface area contributed by atoms with Crippen LogP contribution in [0.25, 0.3) is 0 Å². The highest BCUT2D eigenvalue weighted by Gasteiger charge is 2.66. The minimum atomic E-state index is -0.364. The van der Waals surface area contributed by atoms with Gasteiger partial charge >= 0.3 is 17.9 Å². The Balaban J connectivity index is 1.85. The molecule has 19 heavy (non-hydrogen) atoms. The summed E-state index contributed by atoms with van der Waals surface area (Å²) in [5, 5.41) is 0. The first-order valence-corrected chi connectivity index (χ1v) is 6.50. The highest BCUT2D eigenvalue weighted by atomic mass is 16.6. The van der Waals surface area contributed by atoms with E-state index in [1.807, 2.05) is 0 Å². The summed E-state index contributed by atoms with van der Waals surface area (Å²) in [6, 6.07) is 0. The molecule has 0 radical (unpaired) electrons. The van der Waals surface area contributed by atoms with Gasteiger partial charge in [0.05, 0.1) is 12.5 Å². The molecule has 2 aliphatic carbocycles. The van der Waals surface area contributed by atoms with Gasteiger partial charge in [-0.15, -0.1) is 0 Å². The van der Waals surface area contributed by atoms with Crippen molar-refractivity contribution in [2.24, 2.45) is 23.7 Å². The van der Waals surface area contributed by atoms with Crippen LogP contribution < -0.4 is 0 Å². The molecule has 104 valence electrons. The van der Waals surface area contributed by atoms with Gasteiger partial charge in [0.2, 0.25) is 0 Å². The van der Waals surface area contributed by atoms with E-state index in [4.69, 9.17) is 14.2 Å². The molecular formula is C13H16O6. The Labute approximate surface area is 110 Å². The van der Waals surface area contributed by atoms with Crippen LogP contribution in [0.5, 0.6) is 0 Å². The molecule has 2 saturated carbocycles. The van der Waals surface area contributed by atoms with E-state index in [0.29, 0.717) is 13.0 Å². The van der Waals surface area contributed by atoms with Crippen molar-refractivity contribution in [1.82, 2.24) is 0 Å². The first-order valence-electron chi connectivity index (χ1n) is 6.50. The number of hydrogen-bond donors (Lipinski definition) is 0. The number of ether oxygens (including phenoxy) is 3. The second kappa shape index (κ2) is 4.21. The maximum Gasteiger partial charge on any atom is 0.309 e. The van der Waals surface area contributed by atoms with Gasteiger partial charge in [-0.3, -0.25) is 14.4 Å². The standard InChI is InChI=1S/C13H16O6/c1-5(14)18-9-3-7-10-8(4-17-13(10)16)11(9)12(7)19-6(2)15/h7-12H,3-4H2,1-2H3/t7-,8+,9-,10-,11-,12+/m1/s1. The maximum absolute atomic E-state index is 11.7. The summed E-state index contributed by atoms with van der Waals surface area (Å²) in [5.74, 6) is -1.33. The van der Waals surface area contributed by atoms with Gasteiger partial charge in [-0.25, -0.2) is 0 Å². The Morgan fingerprint density at radius 2 is 1.84 bits per heavy atom. The molecule has 2 bridgehead atoms. The van der Waals surface area contributed by atoms with E-state index in [1.165, 1.54) is 13.8 Å². The molecule has 0 unspecified atom stereocenters. The van der Waals surface area contributed by atoms with E-state index in [2.05, 4.69) is 0 Å². The monoisotopic (exact) mass is 268 g/mol. The number of rotatable bonds is 2. The largest absolute Gasteiger partial charge is 0.465 e. The van der Waals surface area contributed by atoms with Gasteiger partial charge < -0.3 is 14.2 Å². The van der Waals surface area contributed by atoms with Crippen molar-refractivity contribution < 1.29 is 28.6 Å². The topological polar surface area (TPSA) is 78.9 Å². The van der Waals surface area contributed by atoms with Gasteiger partial charge in [0.15, 0.2) is 0 Å². The van der Waals surface area contributed by atoms with Crippen molar-refractivity contribution >= 4 is 17.9 Å². The summed E-state index contributed by atoms with van der Waals surface area (Å²) in [7, 11) is 0. The molecular weight excluding hydrogens is 252 g/mol. The van der Waals surface area contributed by atoms with Crippen LogP contribution in [-0.2, 0) is 28.6 Å². The Bertz CT molecular complexity index is 444. The maximum atomic E-state index is 11.7. The number of carbonyl (C=O) groups is 3. The minimum absolute atomic E-state index is 0.0000463. The Morgan fingerprint density at radius 3 is 2.47 bits per heavy atom. The van der Waals surface area contributed by atoms with Crippen molar-refractivity contribution in [3.8, 4) is 0 Å². The molecule has 3 fully saturated rings. The van der Waals surface area contributed by atoms with E-state index in [9.17, 15) is 14.4 Å². The third-order valence-corrected chi connectivity index (χ3v) is 4.46. The molecule has 0 aromatic heterocycles. The minimum Gasteiger partial charge on any atom is -0.465 e. The molecule has 0 N–H and O–H groups in total. The summed E-state index contributed by atoms with van der Waals surface area (Å²) < 4.78 is 15.7. The van der Waals surface area contributed by atoms with Gasteiger partial charge in [-0.2, -0.15) is 0 Å². The van der Waals surface area contributed by atoms with E-state index < -0.39 is 0 Å². The highest BCUT2D eigenvalue weighted by molar-refractivity contribution is 5.77. The third-order valence-electron chi connectivity index (χ3n) is 4.46. The lowest BCUT2D eigenvalue weighted by Crippen LogP contribution is -2.35. The molecule has 1 heterocycles. The van der Waals surface area contributed by atoms with Crippen molar-refractivity contribution in [3.63, 3.8) is 0 Å². The van der Waals surface area contributed by atoms with Crippen molar-refractivity contribution in [1.29, 1.82) is 0 Å². The van der Waals surface area contributed by atoms with E-state index in [1.54, 1.807) is 0 Å². The van der Waals surface area contributed by atoms with Gasteiger partial charge in [0.1, 0.15) is 12.2 Å². The SMILES string of the molecule is CC(=O)O[C@H]1[C@@H]2C[C@@H](OC(C)=O)[C@H]1[C@H]1COC(=O)[C@H]21. The summed E-state index contributed by atoms with van der Waals surface area (Å²) >= 11 is 0. The lowest BCUT2D eigenvalue weighted by Gasteiger charge is -2.27. The summed E-state index contributed by atoms with van der Waals surface area (Å²) in [6.07, 6.45) is -0.0364. The Morgan fingerprint density at radius 1 is 1.16 bits per heavy atom. The zero-order chi connectivity index (χ0) is 13.7. The second-order valence-corrected chi connectivity index (χ2v) is 5.52. The molecule has 6 heteroatoms. The fourth-order valence-corrected chi connectivity index (χ4v) is 4.02. The van der Waals surface area contributed by atoms with Gasteiger partial charge in [-0.05, 0) is 6.42 Å². The summed E-state index contributed by atoms with van der Waals surface area (Å²) in [4.78, 5) is 34.1. The molecule has 3 aliphatic rings. The number of fused-ring (bicyclic) bond motifs is 5. The molecule has 0 spiro atoms. The van der Waals surface area contributed by atoms with Crippen LogP contribution in [0.4, 0.5) is 0 Å². The Hall–Kier alpha value is -1.59. The zero-order valence-corrected chi connectivity index (χ0v) is 10.8. The quantitative estimate of drug-likeness (QED) is 0.529. The molecule has 0 aromatic rings. The second-order valence-electron chi connectivity index (χ2n) is 5.52. The third kappa shape index (κ3) is 1.81. The zero-order valence-electron chi connectivity index (χ0n) is 10.8. The normalized spacial score (nSPS) is 42.7.